The molecule has 100 valence electrons. The highest BCUT2D eigenvalue weighted by Crippen LogP contribution is 2.17. The Hall–Kier alpha value is -1.70. The van der Waals surface area contributed by atoms with Crippen molar-refractivity contribution in [2.45, 2.75) is 6.92 Å². The predicted octanol–water partition coefficient (Wildman–Crippen LogP) is 1.91. The van der Waals surface area contributed by atoms with Crippen LogP contribution in [0.25, 0.3) is 0 Å². The van der Waals surface area contributed by atoms with Gasteiger partial charge in [0, 0.05) is 19.2 Å². The fourth-order valence-corrected chi connectivity index (χ4v) is 1.37. The number of anilines is 1. The van der Waals surface area contributed by atoms with Crippen molar-refractivity contribution in [2.24, 2.45) is 0 Å². The SMILES string of the molecule is CCOC(=O)NCCNC(=O)Nc1ccc(Br)o1. The van der Waals surface area contributed by atoms with Crippen LogP contribution in [0.2, 0.25) is 0 Å². The molecule has 1 rings (SSSR count). The number of amides is 3. The van der Waals surface area contributed by atoms with E-state index in [1.54, 1.807) is 19.1 Å². The molecule has 0 saturated carbocycles. The number of nitrogens with one attached hydrogen (secondary N) is 3. The van der Waals surface area contributed by atoms with Crippen LogP contribution in [-0.2, 0) is 4.74 Å². The van der Waals surface area contributed by atoms with Crippen LogP contribution in [0.5, 0.6) is 0 Å². The van der Waals surface area contributed by atoms with E-state index in [-0.39, 0.29) is 13.1 Å². The van der Waals surface area contributed by atoms with Crippen molar-refractivity contribution in [1.29, 1.82) is 0 Å². The van der Waals surface area contributed by atoms with Crippen LogP contribution < -0.4 is 16.0 Å². The van der Waals surface area contributed by atoms with Crippen molar-refractivity contribution >= 4 is 33.9 Å². The lowest BCUT2D eigenvalue weighted by molar-refractivity contribution is 0.152. The van der Waals surface area contributed by atoms with Crippen LogP contribution in [0.1, 0.15) is 6.92 Å². The number of furan rings is 1. The number of hydrogen-bond donors (Lipinski definition) is 3. The van der Waals surface area contributed by atoms with Crippen LogP contribution >= 0.6 is 15.9 Å². The average Bonchev–Trinajstić information content (AvgIpc) is 2.70. The number of rotatable bonds is 5. The highest BCUT2D eigenvalue weighted by Gasteiger charge is 2.05. The van der Waals surface area contributed by atoms with E-state index in [1.807, 2.05) is 0 Å². The summed E-state index contributed by atoms with van der Waals surface area (Å²) in [5, 5.41) is 7.50. The summed E-state index contributed by atoms with van der Waals surface area (Å²) in [6.07, 6.45) is -0.505. The molecule has 0 aromatic carbocycles. The van der Waals surface area contributed by atoms with Crippen molar-refractivity contribution in [3.8, 4) is 0 Å². The summed E-state index contributed by atoms with van der Waals surface area (Å²) < 4.78 is 10.3. The summed E-state index contributed by atoms with van der Waals surface area (Å²) in [6.45, 7) is 2.60. The van der Waals surface area contributed by atoms with Gasteiger partial charge in [0.25, 0.3) is 0 Å². The maximum Gasteiger partial charge on any atom is 0.407 e. The molecule has 18 heavy (non-hydrogen) atoms. The van der Waals surface area contributed by atoms with Gasteiger partial charge >= 0.3 is 12.1 Å². The van der Waals surface area contributed by atoms with Crippen molar-refractivity contribution in [3.05, 3.63) is 16.8 Å². The molecule has 0 saturated heterocycles. The normalized spacial score (nSPS) is 9.67. The van der Waals surface area contributed by atoms with E-state index in [9.17, 15) is 9.59 Å². The van der Waals surface area contributed by atoms with Gasteiger partial charge in [-0.3, -0.25) is 5.32 Å². The Kier molecular flexibility index (Phi) is 6.06. The third-order valence-corrected chi connectivity index (χ3v) is 2.19. The number of carbonyl (C=O) groups is 2. The van der Waals surface area contributed by atoms with E-state index in [2.05, 4.69) is 36.6 Å². The lowest BCUT2D eigenvalue weighted by Crippen LogP contribution is -2.36. The third kappa shape index (κ3) is 5.58. The predicted molar refractivity (Wildman–Crippen MR) is 68.5 cm³/mol. The number of carbonyl (C=O) groups excluding carboxylic acids is 2. The Bertz CT molecular complexity index is 408. The molecule has 7 nitrogen and oxygen atoms in total. The minimum Gasteiger partial charge on any atom is -0.450 e. The van der Waals surface area contributed by atoms with Gasteiger partial charge in [0.15, 0.2) is 4.67 Å². The van der Waals surface area contributed by atoms with Gasteiger partial charge in [-0.15, -0.1) is 0 Å². The summed E-state index contributed by atoms with van der Waals surface area (Å²) in [4.78, 5) is 22.3. The molecular formula is C10H14BrN3O4. The molecular weight excluding hydrogens is 306 g/mol. The summed E-state index contributed by atoms with van der Waals surface area (Å²) >= 11 is 3.12. The van der Waals surface area contributed by atoms with Crippen molar-refractivity contribution in [2.75, 3.05) is 25.0 Å². The first-order chi connectivity index (χ1) is 8.61. The zero-order valence-electron chi connectivity index (χ0n) is 9.79. The quantitative estimate of drug-likeness (QED) is 0.723. The van der Waals surface area contributed by atoms with Crippen molar-refractivity contribution in [1.82, 2.24) is 10.6 Å². The third-order valence-electron chi connectivity index (χ3n) is 1.77. The first-order valence-corrected chi connectivity index (χ1v) is 6.12. The molecule has 0 fully saturated rings. The number of halogens is 1. The van der Waals surface area contributed by atoms with Crippen LogP contribution in [0.4, 0.5) is 15.5 Å². The second-order valence-electron chi connectivity index (χ2n) is 3.13. The van der Waals surface area contributed by atoms with Crippen molar-refractivity contribution < 1.29 is 18.7 Å². The molecule has 8 heteroatoms. The second-order valence-corrected chi connectivity index (χ2v) is 3.91. The molecule has 0 bridgehead atoms. The minimum atomic E-state index is -0.505. The smallest absolute Gasteiger partial charge is 0.407 e. The molecule has 0 aliphatic heterocycles. The molecule has 0 unspecified atom stereocenters. The Balaban J connectivity index is 2.12. The number of ether oxygens (including phenoxy) is 1. The first kappa shape index (κ1) is 14.4. The van der Waals surface area contributed by atoms with E-state index >= 15 is 0 Å². The minimum absolute atomic E-state index is 0.284. The van der Waals surface area contributed by atoms with Gasteiger partial charge in [-0.2, -0.15) is 0 Å². The second kappa shape index (κ2) is 7.59. The Morgan fingerprint density at radius 1 is 1.33 bits per heavy atom. The van der Waals surface area contributed by atoms with E-state index in [0.29, 0.717) is 17.2 Å². The monoisotopic (exact) mass is 319 g/mol. The Morgan fingerprint density at radius 3 is 2.67 bits per heavy atom. The molecule has 0 aliphatic carbocycles. The van der Waals surface area contributed by atoms with Crippen LogP contribution in [-0.4, -0.2) is 31.8 Å². The molecule has 1 aromatic rings. The van der Waals surface area contributed by atoms with Gasteiger partial charge in [-0.25, -0.2) is 9.59 Å². The zero-order valence-corrected chi connectivity index (χ0v) is 11.4. The summed E-state index contributed by atoms with van der Waals surface area (Å²) in [5.74, 6) is 0.331. The average molecular weight is 320 g/mol. The molecule has 0 spiro atoms. The van der Waals surface area contributed by atoms with E-state index in [1.165, 1.54) is 0 Å². The Morgan fingerprint density at radius 2 is 2.06 bits per heavy atom. The fraction of sp³-hybridized carbons (Fsp3) is 0.400. The van der Waals surface area contributed by atoms with Crippen LogP contribution in [0.3, 0.4) is 0 Å². The van der Waals surface area contributed by atoms with Gasteiger partial charge in [0.05, 0.1) is 6.61 Å². The summed E-state index contributed by atoms with van der Waals surface area (Å²) in [6, 6.07) is 2.86. The maximum atomic E-state index is 11.4. The highest BCUT2D eigenvalue weighted by molar-refractivity contribution is 9.10. The van der Waals surface area contributed by atoms with E-state index in [0.717, 1.165) is 0 Å². The van der Waals surface area contributed by atoms with E-state index < -0.39 is 12.1 Å². The fourth-order valence-electron chi connectivity index (χ4n) is 1.06. The molecule has 0 aliphatic rings. The van der Waals surface area contributed by atoms with Crippen molar-refractivity contribution in [3.63, 3.8) is 0 Å². The standard InChI is InChI=1S/C10H14BrN3O4/c1-2-17-10(16)13-6-5-12-9(15)14-8-4-3-7(11)18-8/h3-4H,2,5-6H2,1H3,(H,13,16)(H2,12,14,15). The number of alkyl carbamates (subject to hydrolysis) is 1. The first-order valence-electron chi connectivity index (χ1n) is 5.32. The molecule has 1 heterocycles. The summed E-state index contributed by atoms with van der Waals surface area (Å²) in [7, 11) is 0. The summed E-state index contributed by atoms with van der Waals surface area (Å²) in [5.41, 5.74) is 0. The topological polar surface area (TPSA) is 92.6 Å². The van der Waals surface area contributed by atoms with Crippen LogP contribution in [0, 0.1) is 0 Å². The van der Waals surface area contributed by atoms with Gasteiger partial charge in [0.1, 0.15) is 0 Å². The largest absolute Gasteiger partial charge is 0.450 e. The molecule has 0 radical (unpaired) electrons. The number of hydrogen-bond acceptors (Lipinski definition) is 4. The zero-order chi connectivity index (χ0) is 13.4. The van der Waals surface area contributed by atoms with Crippen LogP contribution in [0.15, 0.2) is 21.2 Å². The van der Waals surface area contributed by atoms with Gasteiger partial charge < -0.3 is 19.8 Å². The maximum absolute atomic E-state index is 11.4. The molecule has 0 atom stereocenters. The lowest BCUT2D eigenvalue weighted by atomic mass is 10.6. The van der Waals surface area contributed by atoms with Gasteiger partial charge in [-0.1, -0.05) is 0 Å². The number of urea groups is 1. The lowest BCUT2D eigenvalue weighted by Gasteiger charge is -2.07. The van der Waals surface area contributed by atoms with Gasteiger partial charge in [0.2, 0.25) is 5.88 Å². The van der Waals surface area contributed by atoms with E-state index in [4.69, 9.17) is 4.42 Å². The highest BCUT2D eigenvalue weighted by atomic mass is 79.9. The Labute approximate surface area is 112 Å². The molecule has 3 N–H and O–H groups in total. The van der Waals surface area contributed by atoms with Gasteiger partial charge in [-0.05, 0) is 28.9 Å². The molecule has 3 amide bonds. The molecule has 1 aromatic heterocycles.